The highest BCUT2D eigenvalue weighted by atomic mass is 32.1. The molecule has 4 nitrogen and oxygen atoms in total. The van der Waals surface area contributed by atoms with Crippen LogP contribution in [0.2, 0.25) is 0 Å². The maximum absolute atomic E-state index is 12.2. The molecule has 3 aromatic rings. The SMILES string of the molecule is Nc1cc2ccccc2cc1C(=O)NCc1nccs1. The molecule has 0 atom stereocenters. The van der Waals surface area contributed by atoms with Crippen molar-refractivity contribution in [3.05, 3.63) is 58.5 Å². The fourth-order valence-corrected chi connectivity index (χ4v) is 2.60. The van der Waals surface area contributed by atoms with E-state index < -0.39 is 0 Å². The summed E-state index contributed by atoms with van der Waals surface area (Å²) in [6, 6.07) is 11.5. The minimum atomic E-state index is -0.177. The lowest BCUT2D eigenvalue weighted by atomic mass is 10.0. The van der Waals surface area contributed by atoms with Crippen molar-refractivity contribution in [1.82, 2.24) is 10.3 Å². The summed E-state index contributed by atoms with van der Waals surface area (Å²) in [6.45, 7) is 0.419. The van der Waals surface area contributed by atoms with Crippen LogP contribution in [0, 0.1) is 0 Å². The number of rotatable bonds is 3. The minimum absolute atomic E-state index is 0.177. The molecule has 0 unspecified atom stereocenters. The predicted octanol–water partition coefficient (Wildman–Crippen LogP) is 2.81. The van der Waals surface area contributed by atoms with Gasteiger partial charge in [0, 0.05) is 17.3 Å². The summed E-state index contributed by atoms with van der Waals surface area (Å²) < 4.78 is 0. The Kier molecular flexibility index (Phi) is 3.35. The van der Waals surface area contributed by atoms with E-state index in [1.807, 2.05) is 41.8 Å². The van der Waals surface area contributed by atoms with Crippen molar-refractivity contribution >= 4 is 33.7 Å². The van der Waals surface area contributed by atoms with Gasteiger partial charge in [-0.05, 0) is 22.9 Å². The van der Waals surface area contributed by atoms with Crippen molar-refractivity contribution in [2.24, 2.45) is 0 Å². The molecule has 3 rings (SSSR count). The molecule has 100 valence electrons. The molecule has 1 amide bonds. The number of hydrogen-bond acceptors (Lipinski definition) is 4. The summed E-state index contributed by atoms with van der Waals surface area (Å²) in [5.74, 6) is -0.177. The summed E-state index contributed by atoms with van der Waals surface area (Å²) >= 11 is 1.51. The third kappa shape index (κ3) is 2.48. The Balaban J connectivity index is 1.85. The fraction of sp³-hybridized carbons (Fsp3) is 0.0667. The number of aromatic nitrogens is 1. The van der Waals surface area contributed by atoms with Crippen molar-refractivity contribution in [3.8, 4) is 0 Å². The van der Waals surface area contributed by atoms with Gasteiger partial charge in [-0.2, -0.15) is 0 Å². The number of amides is 1. The Hall–Kier alpha value is -2.40. The zero-order valence-corrected chi connectivity index (χ0v) is 11.5. The first-order chi connectivity index (χ1) is 9.74. The topological polar surface area (TPSA) is 68.0 Å². The van der Waals surface area contributed by atoms with E-state index >= 15 is 0 Å². The molecule has 0 saturated heterocycles. The molecule has 0 aliphatic carbocycles. The molecule has 0 aliphatic rings. The van der Waals surface area contributed by atoms with Crippen molar-refractivity contribution < 1.29 is 4.79 Å². The van der Waals surface area contributed by atoms with E-state index in [2.05, 4.69) is 10.3 Å². The van der Waals surface area contributed by atoms with E-state index in [-0.39, 0.29) is 5.91 Å². The van der Waals surface area contributed by atoms with E-state index in [4.69, 9.17) is 5.73 Å². The molecule has 0 spiro atoms. The molecule has 0 fully saturated rings. The number of nitrogens with zero attached hydrogens (tertiary/aromatic N) is 1. The van der Waals surface area contributed by atoms with E-state index in [1.165, 1.54) is 11.3 Å². The first kappa shape index (κ1) is 12.6. The van der Waals surface area contributed by atoms with Crippen LogP contribution >= 0.6 is 11.3 Å². The number of nitrogen functional groups attached to an aromatic ring is 1. The number of fused-ring (bicyclic) bond motifs is 1. The van der Waals surface area contributed by atoms with Crippen LogP contribution in [0.25, 0.3) is 10.8 Å². The molecule has 2 aromatic carbocycles. The van der Waals surface area contributed by atoms with Gasteiger partial charge in [0.2, 0.25) is 0 Å². The van der Waals surface area contributed by atoms with Gasteiger partial charge < -0.3 is 11.1 Å². The summed E-state index contributed by atoms with van der Waals surface area (Å²) in [5.41, 5.74) is 6.95. The molecule has 1 heterocycles. The minimum Gasteiger partial charge on any atom is -0.398 e. The summed E-state index contributed by atoms with van der Waals surface area (Å²) in [6.07, 6.45) is 1.72. The highest BCUT2D eigenvalue weighted by molar-refractivity contribution is 7.09. The summed E-state index contributed by atoms with van der Waals surface area (Å²) in [4.78, 5) is 16.3. The van der Waals surface area contributed by atoms with Gasteiger partial charge in [0.05, 0.1) is 12.1 Å². The third-order valence-electron chi connectivity index (χ3n) is 3.05. The summed E-state index contributed by atoms with van der Waals surface area (Å²) in [7, 11) is 0. The van der Waals surface area contributed by atoms with Gasteiger partial charge in [0.15, 0.2) is 0 Å². The van der Waals surface area contributed by atoms with E-state index in [9.17, 15) is 4.79 Å². The van der Waals surface area contributed by atoms with Crippen molar-refractivity contribution in [2.75, 3.05) is 5.73 Å². The van der Waals surface area contributed by atoms with Crippen LogP contribution in [0.4, 0.5) is 5.69 Å². The van der Waals surface area contributed by atoms with Crippen LogP contribution < -0.4 is 11.1 Å². The lowest BCUT2D eigenvalue weighted by Crippen LogP contribution is -2.23. The van der Waals surface area contributed by atoms with E-state index in [0.29, 0.717) is 17.8 Å². The van der Waals surface area contributed by atoms with Crippen LogP contribution in [0.5, 0.6) is 0 Å². The van der Waals surface area contributed by atoms with Crippen molar-refractivity contribution in [1.29, 1.82) is 0 Å². The number of carbonyl (C=O) groups is 1. The largest absolute Gasteiger partial charge is 0.398 e. The maximum Gasteiger partial charge on any atom is 0.253 e. The Bertz CT molecular complexity index is 753. The first-order valence-corrected chi connectivity index (χ1v) is 7.07. The average Bonchev–Trinajstić information content (AvgIpc) is 2.97. The molecule has 1 aromatic heterocycles. The monoisotopic (exact) mass is 283 g/mol. The van der Waals surface area contributed by atoms with Crippen molar-refractivity contribution in [3.63, 3.8) is 0 Å². The quantitative estimate of drug-likeness (QED) is 0.726. The Labute approximate surface area is 120 Å². The van der Waals surface area contributed by atoms with Gasteiger partial charge in [0.1, 0.15) is 5.01 Å². The zero-order chi connectivity index (χ0) is 13.9. The molecular weight excluding hydrogens is 270 g/mol. The smallest absolute Gasteiger partial charge is 0.253 e. The number of hydrogen-bond donors (Lipinski definition) is 2. The van der Waals surface area contributed by atoms with Gasteiger partial charge in [-0.3, -0.25) is 4.79 Å². The highest BCUT2D eigenvalue weighted by Gasteiger charge is 2.11. The van der Waals surface area contributed by atoms with Gasteiger partial charge >= 0.3 is 0 Å². The molecule has 0 saturated carbocycles. The molecule has 0 bridgehead atoms. The molecule has 0 radical (unpaired) electrons. The number of benzene rings is 2. The highest BCUT2D eigenvalue weighted by Crippen LogP contribution is 2.21. The standard InChI is InChI=1S/C15H13N3OS/c16-13-8-11-4-2-1-3-10(11)7-12(13)15(19)18-9-14-17-5-6-20-14/h1-8H,9,16H2,(H,18,19). The third-order valence-corrected chi connectivity index (χ3v) is 3.83. The number of nitrogens with two attached hydrogens (primary N) is 1. The lowest BCUT2D eigenvalue weighted by Gasteiger charge is -2.08. The number of carbonyl (C=O) groups excluding carboxylic acids is 1. The van der Waals surface area contributed by atoms with Gasteiger partial charge in [-0.1, -0.05) is 24.3 Å². The number of anilines is 1. The second kappa shape index (κ2) is 5.30. The average molecular weight is 283 g/mol. The van der Waals surface area contributed by atoms with Gasteiger partial charge in [0.25, 0.3) is 5.91 Å². The molecule has 0 aliphatic heterocycles. The molecule has 3 N–H and O–H groups in total. The van der Waals surface area contributed by atoms with Crippen LogP contribution in [0.3, 0.4) is 0 Å². The van der Waals surface area contributed by atoms with E-state index in [1.54, 1.807) is 6.20 Å². The van der Waals surface area contributed by atoms with Crippen LogP contribution in [0.15, 0.2) is 48.0 Å². The molecule has 5 heteroatoms. The van der Waals surface area contributed by atoms with Crippen LogP contribution in [-0.4, -0.2) is 10.9 Å². The lowest BCUT2D eigenvalue weighted by molar-refractivity contribution is 0.0952. The van der Waals surface area contributed by atoms with Gasteiger partial charge in [-0.25, -0.2) is 4.98 Å². The Morgan fingerprint density at radius 1 is 1.25 bits per heavy atom. The number of nitrogens with one attached hydrogen (secondary N) is 1. The maximum atomic E-state index is 12.2. The molecule has 20 heavy (non-hydrogen) atoms. The van der Waals surface area contributed by atoms with Crippen molar-refractivity contribution in [2.45, 2.75) is 6.54 Å². The zero-order valence-electron chi connectivity index (χ0n) is 10.7. The van der Waals surface area contributed by atoms with Crippen LogP contribution in [-0.2, 0) is 6.54 Å². The Morgan fingerprint density at radius 3 is 2.70 bits per heavy atom. The summed E-state index contributed by atoms with van der Waals surface area (Å²) in [5, 5.41) is 7.62. The second-order valence-corrected chi connectivity index (χ2v) is 5.37. The van der Waals surface area contributed by atoms with Gasteiger partial charge in [-0.15, -0.1) is 11.3 Å². The van der Waals surface area contributed by atoms with Crippen LogP contribution in [0.1, 0.15) is 15.4 Å². The molecular formula is C15H13N3OS. The Morgan fingerprint density at radius 2 is 2.00 bits per heavy atom. The second-order valence-electron chi connectivity index (χ2n) is 4.40. The normalized spacial score (nSPS) is 10.6. The first-order valence-electron chi connectivity index (χ1n) is 6.19. The fourth-order valence-electron chi connectivity index (χ4n) is 2.05. The van der Waals surface area contributed by atoms with E-state index in [0.717, 1.165) is 15.8 Å². The predicted molar refractivity (Wildman–Crippen MR) is 81.6 cm³/mol. The number of thiazole rings is 1.